The topological polar surface area (TPSA) is 49.3 Å². The summed E-state index contributed by atoms with van der Waals surface area (Å²) in [4.78, 5) is 12.5. The van der Waals surface area contributed by atoms with Crippen LogP contribution in [0.2, 0.25) is 4.34 Å². The van der Waals surface area contributed by atoms with Gasteiger partial charge in [0.05, 0.1) is 10.3 Å². The van der Waals surface area contributed by atoms with Crippen molar-refractivity contribution in [3.05, 3.63) is 21.3 Å². The van der Waals surface area contributed by atoms with Crippen LogP contribution in [-0.4, -0.2) is 17.1 Å². The van der Waals surface area contributed by atoms with Gasteiger partial charge in [-0.3, -0.25) is 4.79 Å². The fraction of sp³-hybridized carbons (Fsp3) is 0.615. The highest BCUT2D eigenvalue weighted by atomic mass is 35.5. The number of halogens is 1. The lowest BCUT2D eigenvalue weighted by molar-refractivity contribution is -0.144. The van der Waals surface area contributed by atoms with E-state index >= 15 is 0 Å². The zero-order valence-electron chi connectivity index (χ0n) is 9.93. The molecule has 5 heteroatoms. The number of hydrogen-bond acceptors (Lipinski definition) is 3. The Morgan fingerprint density at radius 2 is 2.22 bits per heavy atom. The Hall–Kier alpha value is -0.580. The second-order valence-corrected chi connectivity index (χ2v) is 7.11. The maximum absolute atomic E-state index is 11.4. The molecule has 0 aromatic carbocycles. The first-order valence-corrected chi connectivity index (χ1v) is 7.55. The summed E-state index contributed by atoms with van der Waals surface area (Å²) < 4.78 is 0.787. The molecule has 0 aliphatic heterocycles. The number of carboxylic acid groups (broad SMARTS) is 1. The minimum absolute atomic E-state index is 0.141. The Morgan fingerprint density at radius 1 is 1.44 bits per heavy atom. The zero-order chi connectivity index (χ0) is 12.7. The predicted molar refractivity (Wildman–Crippen MR) is 71.9 cm³/mol. The van der Waals surface area contributed by atoms with Gasteiger partial charge in [0.1, 0.15) is 0 Å². The van der Waals surface area contributed by atoms with E-state index in [0.29, 0.717) is 11.8 Å². The molecule has 2 bridgehead atoms. The van der Waals surface area contributed by atoms with Crippen molar-refractivity contribution in [3.8, 4) is 0 Å². The normalized spacial score (nSPS) is 34.1. The number of hydrogen-bond donors (Lipinski definition) is 2. The van der Waals surface area contributed by atoms with Crippen LogP contribution in [0.25, 0.3) is 0 Å². The fourth-order valence-electron chi connectivity index (χ4n) is 3.61. The Bertz CT molecular complexity index is 462. The lowest BCUT2D eigenvalue weighted by Gasteiger charge is -2.28. The summed E-state index contributed by atoms with van der Waals surface area (Å²) in [6.07, 6.45) is 3.35. The lowest BCUT2D eigenvalue weighted by atomic mass is 9.84. The minimum Gasteiger partial charge on any atom is -0.481 e. The third-order valence-electron chi connectivity index (χ3n) is 4.34. The van der Waals surface area contributed by atoms with E-state index in [4.69, 9.17) is 11.6 Å². The molecule has 1 heterocycles. The van der Waals surface area contributed by atoms with Crippen LogP contribution in [0, 0.1) is 17.8 Å². The summed E-state index contributed by atoms with van der Waals surface area (Å²) >= 11 is 7.45. The van der Waals surface area contributed by atoms with E-state index in [1.807, 2.05) is 12.1 Å². The molecule has 0 amide bonds. The first-order chi connectivity index (χ1) is 8.65. The zero-order valence-corrected chi connectivity index (χ0v) is 11.5. The molecule has 3 rings (SSSR count). The van der Waals surface area contributed by atoms with Crippen molar-refractivity contribution >= 4 is 28.9 Å². The first-order valence-electron chi connectivity index (χ1n) is 6.35. The van der Waals surface area contributed by atoms with Gasteiger partial charge in [0.2, 0.25) is 0 Å². The summed E-state index contributed by atoms with van der Waals surface area (Å²) in [6, 6.07) is 4.03. The minimum atomic E-state index is -0.635. The first kappa shape index (κ1) is 12.5. The number of aliphatic carboxylic acids is 1. The number of thiophene rings is 1. The van der Waals surface area contributed by atoms with Gasteiger partial charge >= 0.3 is 5.97 Å². The average Bonchev–Trinajstić information content (AvgIpc) is 3.00. The Morgan fingerprint density at radius 3 is 2.89 bits per heavy atom. The molecule has 2 saturated carbocycles. The Kier molecular flexibility index (Phi) is 3.34. The van der Waals surface area contributed by atoms with E-state index in [9.17, 15) is 9.90 Å². The van der Waals surface area contributed by atoms with E-state index in [0.717, 1.165) is 23.7 Å². The smallest absolute Gasteiger partial charge is 0.308 e. The SMILES string of the molecule is O=C(O)C1C2CCC(C2)C1NCc1ccc(Cl)s1. The van der Waals surface area contributed by atoms with Crippen molar-refractivity contribution in [2.75, 3.05) is 0 Å². The van der Waals surface area contributed by atoms with E-state index < -0.39 is 5.97 Å². The molecule has 1 aromatic heterocycles. The third-order valence-corrected chi connectivity index (χ3v) is 5.57. The van der Waals surface area contributed by atoms with Crippen LogP contribution >= 0.6 is 22.9 Å². The number of rotatable bonds is 4. The van der Waals surface area contributed by atoms with Gasteiger partial charge < -0.3 is 10.4 Å². The molecule has 18 heavy (non-hydrogen) atoms. The fourth-order valence-corrected chi connectivity index (χ4v) is 4.64. The second-order valence-electron chi connectivity index (χ2n) is 5.31. The lowest BCUT2D eigenvalue weighted by Crippen LogP contribution is -2.43. The van der Waals surface area contributed by atoms with E-state index in [1.165, 1.54) is 11.3 Å². The molecule has 3 nitrogen and oxygen atoms in total. The van der Waals surface area contributed by atoms with Gasteiger partial charge in [-0.1, -0.05) is 11.6 Å². The summed E-state index contributed by atoms with van der Waals surface area (Å²) in [5.74, 6) is 0.103. The molecule has 0 saturated heterocycles. The van der Waals surface area contributed by atoms with Crippen LogP contribution in [-0.2, 0) is 11.3 Å². The average molecular weight is 286 g/mol. The second kappa shape index (κ2) is 4.83. The van der Waals surface area contributed by atoms with Gasteiger partial charge in [-0.2, -0.15) is 0 Å². The summed E-state index contributed by atoms with van der Waals surface area (Å²) in [7, 11) is 0. The molecule has 2 N–H and O–H groups in total. The maximum atomic E-state index is 11.4. The van der Waals surface area contributed by atoms with Crippen molar-refractivity contribution in [2.24, 2.45) is 17.8 Å². The molecular formula is C13H16ClNO2S. The van der Waals surface area contributed by atoms with Crippen LogP contribution in [0.15, 0.2) is 12.1 Å². The molecule has 1 aromatic rings. The molecule has 0 radical (unpaired) electrons. The van der Waals surface area contributed by atoms with E-state index in [1.54, 1.807) is 11.3 Å². The van der Waals surface area contributed by atoms with E-state index in [2.05, 4.69) is 5.32 Å². The maximum Gasteiger partial charge on any atom is 0.308 e. The number of carboxylic acids is 1. The monoisotopic (exact) mass is 285 g/mol. The Labute approximate surface area is 115 Å². The van der Waals surface area contributed by atoms with Gasteiger partial charge in [-0.15, -0.1) is 11.3 Å². The molecule has 2 aliphatic rings. The van der Waals surface area contributed by atoms with Crippen molar-refractivity contribution in [3.63, 3.8) is 0 Å². The standard InChI is InChI=1S/C13H16ClNO2S/c14-10-4-3-9(18-10)6-15-12-8-2-1-7(5-8)11(12)13(16)17/h3-4,7-8,11-12,15H,1-2,5-6H2,(H,16,17). The molecule has 4 atom stereocenters. The Balaban J connectivity index is 1.66. The van der Waals surface area contributed by atoms with Gasteiger partial charge in [0, 0.05) is 17.5 Å². The van der Waals surface area contributed by atoms with Crippen LogP contribution < -0.4 is 5.32 Å². The highest BCUT2D eigenvalue weighted by molar-refractivity contribution is 7.16. The van der Waals surface area contributed by atoms with Gasteiger partial charge in [0.15, 0.2) is 0 Å². The molecule has 98 valence electrons. The van der Waals surface area contributed by atoms with Crippen molar-refractivity contribution < 1.29 is 9.90 Å². The van der Waals surface area contributed by atoms with Crippen LogP contribution in [0.4, 0.5) is 0 Å². The summed E-state index contributed by atoms with van der Waals surface area (Å²) in [6.45, 7) is 0.731. The molecule has 0 spiro atoms. The van der Waals surface area contributed by atoms with E-state index in [-0.39, 0.29) is 12.0 Å². The summed E-state index contributed by atoms with van der Waals surface area (Å²) in [5, 5.41) is 12.8. The van der Waals surface area contributed by atoms with Crippen molar-refractivity contribution in [2.45, 2.75) is 31.8 Å². The largest absolute Gasteiger partial charge is 0.481 e. The van der Waals surface area contributed by atoms with Gasteiger partial charge in [-0.05, 0) is 43.2 Å². The highest BCUT2D eigenvalue weighted by Gasteiger charge is 2.50. The van der Waals surface area contributed by atoms with Crippen molar-refractivity contribution in [1.29, 1.82) is 0 Å². The van der Waals surface area contributed by atoms with Crippen LogP contribution in [0.1, 0.15) is 24.1 Å². The predicted octanol–water partition coefficient (Wildman–Crippen LogP) is 2.99. The number of nitrogens with one attached hydrogen (secondary N) is 1. The third kappa shape index (κ3) is 2.17. The molecule has 2 fully saturated rings. The van der Waals surface area contributed by atoms with Gasteiger partial charge in [-0.25, -0.2) is 0 Å². The number of carbonyl (C=O) groups is 1. The molecular weight excluding hydrogens is 270 g/mol. The summed E-state index contributed by atoms with van der Waals surface area (Å²) in [5.41, 5.74) is 0. The van der Waals surface area contributed by atoms with Crippen LogP contribution in [0.5, 0.6) is 0 Å². The van der Waals surface area contributed by atoms with Crippen LogP contribution in [0.3, 0.4) is 0 Å². The molecule has 4 unspecified atom stereocenters. The molecule has 2 aliphatic carbocycles. The van der Waals surface area contributed by atoms with Crippen molar-refractivity contribution in [1.82, 2.24) is 5.32 Å². The quantitative estimate of drug-likeness (QED) is 0.894. The van der Waals surface area contributed by atoms with Gasteiger partial charge in [0.25, 0.3) is 0 Å². The number of fused-ring (bicyclic) bond motifs is 2. The highest BCUT2D eigenvalue weighted by Crippen LogP contribution is 2.48.